The van der Waals surface area contributed by atoms with Crippen molar-refractivity contribution in [2.75, 3.05) is 31.5 Å². The third-order valence-corrected chi connectivity index (χ3v) is 4.92. The van der Waals surface area contributed by atoms with Gasteiger partial charge in [-0.3, -0.25) is 9.59 Å². The van der Waals surface area contributed by atoms with E-state index in [0.29, 0.717) is 23.7 Å². The van der Waals surface area contributed by atoms with Crippen LogP contribution in [0.25, 0.3) is 0 Å². The molecule has 2 fully saturated rings. The largest absolute Gasteiger partial charge is 0.339 e. The first-order valence-electron chi connectivity index (χ1n) is 8.55. The van der Waals surface area contributed by atoms with Crippen molar-refractivity contribution in [3.05, 3.63) is 29.8 Å². The Hall–Kier alpha value is -1.59. The Kier molecular flexibility index (Phi) is 6.63. The number of anilines is 1. The molecule has 1 aromatic rings. The smallest absolute Gasteiger partial charge is 0.255 e. The minimum atomic E-state index is -0.00556. The van der Waals surface area contributed by atoms with Gasteiger partial charge < -0.3 is 15.5 Å². The highest BCUT2D eigenvalue weighted by Crippen LogP contribution is 2.23. The van der Waals surface area contributed by atoms with E-state index in [1.165, 1.54) is 0 Å². The Bertz CT molecular complexity index is 579. The van der Waals surface area contributed by atoms with Crippen LogP contribution in [-0.2, 0) is 4.79 Å². The molecule has 0 aliphatic carbocycles. The number of piperidine rings is 1. The second-order valence-corrected chi connectivity index (χ2v) is 6.70. The van der Waals surface area contributed by atoms with Crippen LogP contribution in [-0.4, -0.2) is 42.9 Å². The lowest BCUT2D eigenvalue weighted by Gasteiger charge is -2.30. The summed E-state index contributed by atoms with van der Waals surface area (Å²) in [5.41, 5.74) is 1.23. The van der Waals surface area contributed by atoms with E-state index in [2.05, 4.69) is 17.6 Å². The van der Waals surface area contributed by atoms with Crippen LogP contribution in [0.4, 0.5) is 5.69 Å². The molecule has 0 bridgehead atoms. The van der Waals surface area contributed by atoms with Gasteiger partial charge in [0.2, 0.25) is 5.91 Å². The predicted molar refractivity (Wildman–Crippen MR) is 97.6 cm³/mol. The van der Waals surface area contributed by atoms with Crippen LogP contribution in [0.15, 0.2) is 24.3 Å². The summed E-state index contributed by atoms with van der Waals surface area (Å²) in [7, 11) is 0. The molecule has 2 saturated heterocycles. The molecular weight excluding hydrogens is 326 g/mol. The number of carbonyl (C=O) groups is 2. The molecule has 1 unspecified atom stereocenters. The van der Waals surface area contributed by atoms with Crippen molar-refractivity contribution in [1.82, 2.24) is 10.2 Å². The number of likely N-dealkylation sites (tertiary alicyclic amines) is 1. The van der Waals surface area contributed by atoms with E-state index in [-0.39, 0.29) is 30.1 Å². The van der Waals surface area contributed by atoms with Crippen LogP contribution in [0.3, 0.4) is 0 Å². The average molecular weight is 352 g/mol. The zero-order chi connectivity index (χ0) is 16.2. The number of carbonyl (C=O) groups excluding carboxylic acids is 2. The number of benzene rings is 1. The van der Waals surface area contributed by atoms with Gasteiger partial charge in [0.25, 0.3) is 5.91 Å². The Morgan fingerprint density at radius 1 is 1.17 bits per heavy atom. The lowest BCUT2D eigenvalue weighted by atomic mass is 9.98. The molecule has 0 spiro atoms. The van der Waals surface area contributed by atoms with Crippen molar-refractivity contribution < 1.29 is 9.59 Å². The normalized spacial score (nSPS) is 21.2. The van der Waals surface area contributed by atoms with E-state index in [0.717, 1.165) is 38.9 Å². The third-order valence-electron chi connectivity index (χ3n) is 4.92. The molecule has 5 nitrogen and oxygen atoms in total. The highest BCUT2D eigenvalue weighted by atomic mass is 35.5. The number of nitrogens with one attached hydrogen (secondary N) is 2. The fourth-order valence-electron chi connectivity index (χ4n) is 3.27. The van der Waals surface area contributed by atoms with Gasteiger partial charge in [-0.2, -0.15) is 0 Å². The number of halogens is 1. The highest BCUT2D eigenvalue weighted by molar-refractivity contribution is 6.04. The quantitative estimate of drug-likeness (QED) is 0.879. The second kappa shape index (κ2) is 8.49. The van der Waals surface area contributed by atoms with Crippen molar-refractivity contribution in [2.45, 2.75) is 26.2 Å². The van der Waals surface area contributed by atoms with Crippen LogP contribution in [0.1, 0.15) is 36.5 Å². The van der Waals surface area contributed by atoms with Crippen LogP contribution in [0.2, 0.25) is 0 Å². The number of hydrogen-bond acceptors (Lipinski definition) is 3. The maximum absolute atomic E-state index is 12.8. The minimum Gasteiger partial charge on any atom is -0.339 e. The Labute approximate surface area is 149 Å². The minimum absolute atomic E-state index is 0. The van der Waals surface area contributed by atoms with Crippen molar-refractivity contribution in [3.63, 3.8) is 0 Å². The average Bonchev–Trinajstić information content (AvgIpc) is 3.10. The van der Waals surface area contributed by atoms with Gasteiger partial charge in [0.15, 0.2) is 0 Å². The van der Waals surface area contributed by atoms with E-state index < -0.39 is 0 Å². The zero-order valence-electron chi connectivity index (χ0n) is 14.1. The van der Waals surface area contributed by atoms with Crippen molar-refractivity contribution in [2.24, 2.45) is 11.8 Å². The van der Waals surface area contributed by atoms with Crippen LogP contribution in [0, 0.1) is 11.8 Å². The summed E-state index contributed by atoms with van der Waals surface area (Å²) < 4.78 is 0. The molecular formula is C18H26ClN3O2. The summed E-state index contributed by atoms with van der Waals surface area (Å²) >= 11 is 0. The fourth-order valence-corrected chi connectivity index (χ4v) is 3.27. The topological polar surface area (TPSA) is 61.4 Å². The second-order valence-electron chi connectivity index (χ2n) is 6.70. The van der Waals surface area contributed by atoms with Crippen LogP contribution >= 0.6 is 12.4 Å². The van der Waals surface area contributed by atoms with Gasteiger partial charge in [0, 0.05) is 19.6 Å². The summed E-state index contributed by atoms with van der Waals surface area (Å²) in [6.07, 6.45) is 2.95. The number of amides is 2. The molecule has 3 rings (SSSR count). The summed E-state index contributed by atoms with van der Waals surface area (Å²) in [4.78, 5) is 27.0. The maximum Gasteiger partial charge on any atom is 0.255 e. The van der Waals surface area contributed by atoms with Gasteiger partial charge in [0.1, 0.15) is 0 Å². The Morgan fingerprint density at radius 3 is 2.54 bits per heavy atom. The standard InChI is InChI=1S/C18H25N3O2.ClH/c1-13-7-10-21(11-8-13)18(23)15-4-2-3-5-16(15)20-17(22)14-6-9-19-12-14;/h2-5,13-14,19H,6-12H2,1H3,(H,20,22);1H. The third kappa shape index (κ3) is 4.28. The molecule has 132 valence electrons. The van der Waals surface area contributed by atoms with Gasteiger partial charge in [-0.05, 0) is 43.9 Å². The molecule has 2 heterocycles. The number of rotatable bonds is 3. The van der Waals surface area contributed by atoms with Gasteiger partial charge in [-0.1, -0.05) is 19.1 Å². The van der Waals surface area contributed by atoms with Crippen LogP contribution < -0.4 is 10.6 Å². The molecule has 0 radical (unpaired) electrons. The van der Waals surface area contributed by atoms with E-state index in [9.17, 15) is 9.59 Å². The number of hydrogen-bond donors (Lipinski definition) is 2. The van der Waals surface area contributed by atoms with Crippen molar-refractivity contribution in [1.29, 1.82) is 0 Å². The van der Waals surface area contributed by atoms with Gasteiger partial charge in [-0.15, -0.1) is 12.4 Å². The van der Waals surface area contributed by atoms with E-state index in [1.807, 2.05) is 29.2 Å². The Morgan fingerprint density at radius 2 is 1.88 bits per heavy atom. The van der Waals surface area contributed by atoms with E-state index >= 15 is 0 Å². The number of para-hydroxylation sites is 1. The molecule has 1 atom stereocenters. The van der Waals surface area contributed by atoms with Crippen molar-refractivity contribution >= 4 is 29.9 Å². The Balaban J connectivity index is 0.00000208. The molecule has 24 heavy (non-hydrogen) atoms. The molecule has 2 aliphatic rings. The van der Waals surface area contributed by atoms with Gasteiger partial charge in [-0.25, -0.2) is 0 Å². The monoisotopic (exact) mass is 351 g/mol. The van der Waals surface area contributed by atoms with E-state index in [4.69, 9.17) is 0 Å². The predicted octanol–water partition coefficient (Wildman–Crippen LogP) is 2.53. The molecule has 2 N–H and O–H groups in total. The summed E-state index contributed by atoms with van der Waals surface area (Å²) in [5, 5.41) is 6.15. The molecule has 2 amide bonds. The molecule has 6 heteroatoms. The lowest BCUT2D eigenvalue weighted by molar-refractivity contribution is -0.119. The first-order chi connectivity index (χ1) is 11.1. The van der Waals surface area contributed by atoms with E-state index in [1.54, 1.807) is 0 Å². The molecule has 0 saturated carbocycles. The van der Waals surface area contributed by atoms with Gasteiger partial charge in [0.05, 0.1) is 17.2 Å². The summed E-state index contributed by atoms with van der Waals surface area (Å²) in [6.45, 7) is 5.42. The molecule has 2 aliphatic heterocycles. The SMILES string of the molecule is CC1CCN(C(=O)c2ccccc2NC(=O)C2CCNC2)CC1.Cl. The first kappa shape index (κ1) is 18.7. The highest BCUT2D eigenvalue weighted by Gasteiger charge is 2.26. The molecule has 1 aromatic carbocycles. The summed E-state index contributed by atoms with van der Waals surface area (Å²) in [6, 6.07) is 7.34. The fraction of sp³-hybridized carbons (Fsp3) is 0.556. The van der Waals surface area contributed by atoms with Gasteiger partial charge >= 0.3 is 0 Å². The summed E-state index contributed by atoms with van der Waals surface area (Å²) in [5.74, 6) is 0.706. The van der Waals surface area contributed by atoms with Crippen LogP contribution in [0.5, 0.6) is 0 Å². The first-order valence-corrected chi connectivity index (χ1v) is 8.55. The zero-order valence-corrected chi connectivity index (χ0v) is 14.9. The number of nitrogens with zero attached hydrogens (tertiary/aromatic N) is 1. The lowest BCUT2D eigenvalue weighted by Crippen LogP contribution is -2.38. The molecule has 0 aromatic heterocycles. The maximum atomic E-state index is 12.8. The van der Waals surface area contributed by atoms with Crippen molar-refractivity contribution in [3.8, 4) is 0 Å².